The van der Waals surface area contributed by atoms with E-state index in [1.807, 2.05) is 31.2 Å². The lowest BCUT2D eigenvalue weighted by molar-refractivity contribution is 0.0980. The van der Waals surface area contributed by atoms with Crippen molar-refractivity contribution < 1.29 is 4.79 Å². The summed E-state index contributed by atoms with van der Waals surface area (Å²) in [6, 6.07) is 7.62. The van der Waals surface area contributed by atoms with Crippen LogP contribution in [0.2, 0.25) is 0 Å². The van der Waals surface area contributed by atoms with Crippen LogP contribution < -0.4 is 0 Å². The molecule has 4 nitrogen and oxygen atoms in total. The molecule has 0 aliphatic heterocycles. The van der Waals surface area contributed by atoms with Crippen LogP contribution in [-0.2, 0) is 0 Å². The highest BCUT2D eigenvalue weighted by Gasteiger charge is 2.12. The molecular formula is C13H13N3O. The Balaban J connectivity index is 2.42. The molecule has 0 aliphatic rings. The zero-order valence-electron chi connectivity index (χ0n) is 9.63. The van der Waals surface area contributed by atoms with Crippen molar-refractivity contribution in [3.63, 3.8) is 0 Å². The van der Waals surface area contributed by atoms with Gasteiger partial charge in [0.15, 0.2) is 5.78 Å². The van der Waals surface area contributed by atoms with Gasteiger partial charge in [-0.15, -0.1) is 5.10 Å². The molecule has 0 spiro atoms. The highest BCUT2D eigenvalue weighted by molar-refractivity contribution is 5.94. The number of ketones is 1. The molecule has 17 heavy (non-hydrogen) atoms. The van der Waals surface area contributed by atoms with Crippen molar-refractivity contribution in [1.82, 2.24) is 15.0 Å². The fourth-order valence-corrected chi connectivity index (χ4v) is 1.55. The molecule has 0 atom stereocenters. The lowest BCUT2D eigenvalue weighted by Crippen LogP contribution is -2.07. The minimum absolute atomic E-state index is 0.0304. The quantitative estimate of drug-likeness (QED) is 0.754. The minimum Gasteiger partial charge on any atom is -0.292 e. The largest absolute Gasteiger partial charge is 0.292 e. The first-order valence-electron chi connectivity index (χ1n) is 5.43. The van der Waals surface area contributed by atoms with Crippen molar-refractivity contribution in [1.29, 1.82) is 0 Å². The molecular weight excluding hydrogens is 214 g/mol. The Hall–Kier alpha value is -2.23. The van der Waals surface area contributed by atoms with E-state index in [0.717, 1.165) is 11.3 Å². The Bertz CT molecular complexity index is 540. The van der Waals surface area contributed by atoms with Crippen LogP contribution in [0.25, 0.3) is 11.8 Å². The predicted octanol–water partition coefficient (Wildman–Crippen LogP) is 2.50. The zero-order chi connectivity index (χ0) is 12.3. The molecule has 0 radical (unpaired) electrons. The van der Waals surface area contributed by atoms with Crippen LogP contribution >= 0.6 is 0 Å². The van der Waals surface area contributed by atoms with E-state index in [-0.39, 0.29) is 5.78 Å². The number of Topliss-reactive ketones (excluding diaryl/α,β-unsaturated/α-hetero) is 1. The first-order valence-corrected chi connectivity index (χ1v) is 5.43. The van der Waals surface area contributed by atoms with E-state index < -0.39 is 0 Å². The van der Waals surface area contributed by atoms with Gasteiger partial charge in [0.1, 0.15) is 5.69 Å². The van der Waals surface area contributed by atoms with Crippen LogP contribution in [0.4, 0.5) is 0 Å². The number of nitrogens with zero attached hydrogens (tertiary/aromatic N) is 3. The van der Waals surface area contributed by atoms with Crippen molar-refractivity contribution in [2.24, 2.45) is 0 Å². The van der Waals surface area contributed by atoms with Crippen molar-refractivity contribution in [2.45, 2.75) is 13.3 Å². The summed E-state index contributed by atoms with van der Waals surface area (Å²) in [6.45, 7) is 5.51. The zero-order valence-corrected chi connectivity index (χ0v) is 9.63. The number of rotatable bonds is 4. The average Bonchev–Trinajstić information content (AvgIpc) is 2.87. The van der Waals surface area contributed by atoms with Gasteiger partial charge in [-0.1, -0.05) is 36.9 Å². The van der Waals surface area contributed by atoms with Gasteiger partial charge in [-0.3, -0.25) is 4.79 Å². The normalized spacial score (nSPS) is 10.2. The molecule has 0 saturated carbocycles. The molecule has 1 aromatic heterocycles. The van der Waals surface area contributed by atoms with E-state index in [4.69, 9.17) is 0 Å². The lowest BCUT2D eigenvalue weighted by Gasteiger charge is -2.04. The average molecular weight is 227 g/mol. The molecule has 0 amide bonds. The highest BCUT2D eigenvalue weighted by Crippen LogP contribution is 2.12. The van der Waals surface area contributed by atoms with Crippen LogP contribution in [0.3, 0.4) is 0 Å². The van der Waals surface area contributed by atoms with Gasteiger partial charge < -0.3 is 0 Å². The van der Waals surface area contributed by atoms with Crippen molar-refractivity contribution in [3.8, 4) is 5.69 Å². The summed E-state index contributed by atoms with van der Waals surface area (Å²) in [5.74, 6) is 0.0304. The number of hydrogen-bond donors (Lipinski definition) is 0. The van der Waals surface area contributed by atoms with E-state index in [2.05, 4.69) is 16.9 Å². The van der Waals surface area contributed by atoms with E-state index in [0.29, 0.717) is 12.1 Å². The number of benzene rings is 1. The molecule has 0 N–H and O–H groups in total. The third-order valence-electron chi connectivity index (χ3n) is 2.53. The van der Waals surface area contributed by atoms with Crippen LogP contribution in [0.1, 0.15) is 29.4 Å². The number of carbonyl (C=O) groups excluding carboxylic acids is 1. The Labute approximate surface area is 99.6 Å². The van der Waals surface area contributed by atoms with Crippen molar-refractivity contribution in [2.75, 3.05) is 0 Å². The maximum absolute atomic E-state index is 11.7. The Morgan fingerprint density at radius 2 is 2.12 bits per heavy atom. The summed E-state index contributed by atoms with van der Waals surface area (Å²) in [5, 5.41) is 7.71. The first kappa shape index (κ1) is 11.3. The van der Waals surface area contributed by atoms with Crippen LogP contribution in [0.15, 0.2) is 37.0 Å². The van der Waals surface area contributed by atoms with Gasteiger partial charge in [0.05, 0.1) is 11.9 Å². The predicted molar refractivity (Wildman–Crippen MR) is 66.1 cm³/mol. The van der Waals surface area contributed by atoms with Gasteiger partial charge in [0.25, 0.3) is 0 Å². The number of aromatic nitrogens is 3. The monoisotopic (exact) mass is 227 g/mol. The van der Waals surface area contributed by atoms with Gasteiger partial charge in [-0.05, 0) is 17.7 Å². The van der Waals surface area contributed by atoms with Crippen molar-refractivity contribution >= 4 is 11.9 Å². The second-order valence-corrected chi connectivity index (χ2v) is 3.60. The summed E-state index contributed by atoms with van der Waals surface area (Å²) < 4.78 is 1.55. The number of hydrogen-bond acceptors (Lipinski definition) is 3. The van der Waals surface area contributed by atoms with E-state index in [1.54, 1.807) is 10.8 Å². The van der Waals surface area contributed by atoms with Crippen molar-refractivity contribution in [3.05, 3.63) is 48.3 Å². The summed E-state index contributed by atoms with van der Waals surface area (Å²) in [7, 11) is 0. The molecule has 0 aliphatic carbocycles. The number of carbonyl (C=O) groups is 1. The first-order chi connectivity index (χ1) is 8.26. The Morgan fingerprint density at radius 3 is 2.71 bits per heavy atom. The molecule has 0 fully saturated rings. The SMILES string of the molecule is C=Cc1ccc(-n2nncc2C(=O)CC)cc1. The molecule has 2 aromatic rings. The minimum atomic E-state index is 0.0304. The topological polar surface area (TPSA) is 47.8 Å². The van der Waals surface area contributed by atoms with Gasteiger partial charge >= 0.3 is 0 Å². The van der Waals surface area contributed by atoms with Gasteiger partial charge in [-0.2, -0.15) is 0 Å². The molecule has 0 bridgehead atoms. The Morgan fingerprint density at radius 1 is 1.41 bits per heavy atom. The maximum Gasteiger partial charge on any atom is 0.182 e. The second kappa shape index (κ2) is 4.74. The third kappa shape index (κ3) is 2.15. The van der Waals surface area contributed by atoms with E-state index in [9.17, 15) is 4.79 Å². The smallest absolute Gasteiger partial charge is 0.182 e. The molecule has 1 aromatic carbocycles. The van der Waals surface area contributed by atoms with Gasteiger partial charge in [-0.25, -0.2) is 4.68 Å². The summed E-state index contributed by atoms with van der Waals surface area (Å²) in [6.07, 6.45) is 3.70. The van der Waals surface area contributed by atoms with E-state index in [1.165, 1.54) is 6.20 Å². The standard InChI is InChI=1S/C13H13N3O/c1-3-10-5-7-11(8-6-10)16-12(9-14-15-16)13(17)4-2/h3,5-9H,1,4H2,2H3. The second-order valence-electron chi connectivity index (χ2n) is 3.60. The van der Waals surface area contributed by atoms with Gasteiger partial charge in [0, 0.05) is 6.42 Å². The van der Waals surface area contributed by atoms with Crippen LogP contribution in [-0.4, -0.2) is 20.8 Å². The fraction of sp³-hybridized carbons (Fsp3) is 0.154. The summed E-state index contributed by atoms with van der Waals surface area (Å²) in [5.41, 5.74) is 2.36. The summed E-state index contributed by atoms with van der Waals surface area (Å²) >= 11 is 0. The summed E-state index contributed by atoms with van der Waals surface area (Å²) in [4.78, 5) is 11.7. The van der Waals surface area contributed by atoms with E-state index >= 15 is 0 Å². The van der Waals surface area contributed by atoms with Gasteiger partial charge in [0.2, 0.25) is 0 Å². The maximum atomic E-state index is 11.7. The van der Waals surface area contributed by atoms with Crippen LogP contribution in [0.5, 0.6) is 0 Å². The lowest BCUT2D eigenvalue weighted by atomic mass is 10.2. The fourth-order valence-electron chi connectivity index (χ4n) is 1.55. The molecule has 0 saturated heterocycles. The third-order valence-corrected chi connectivity index (χ3v) is 2.53. The molecule has 4 heteroatoms. The molecule has 86 valence electrons. The van der Waals surface area contributed by atoms with Crippen LogP contribution in [0, 0.1) is 0 Å². The Kier molecular flexibility index (Phi) is 3.14. The molecule has 1 heterocycles. The highest BCUT2D eigenvalue weighted by atomic mass is 16.1. The molecule has 0 unspecified atom stereocenters. The molecule has 2 rings (SSSR count).